The minimum Gasteiger partial charge on any atom is -0.481 e. The molecule has 1 saturated carbocycles. The lowest BCUT2D eigenvalue weighted by atomic mass is 9.87. The summed E-state index contributed by atoms with van der Waals surface area (Å²) in [5, 5.41) is 2.89. The van der Waals surface area contributed by atoms with E-state index in [1.54, 1.807) is 12.1 Å². The maximum atomic E-state index is 13.3. The first-order valence-corrected chi connectivity index (χ1v) is 13.1. The van der Waals surface area contributed by atoms with E-state index in [9.17, 15) is 14.0 Å². The smallest absolute Gasteiger partial charge is 0.261 e. The second kappa shape index (κ2) is 10.8. The molecule has 2 aliphatic rings. The first-order valence-electron chi connectivity index (χ1n) is 13.1. The molecule has 6 heteroatoms. The highest BCUT2D eigenvalue weighted by atomic mass is 19.1. The van der Waals surface area contributed by atoms with Crippen LogP contribution in [0.2, 0.25) is 0 Å². The van der Waals surface area contributed by atoms with Crippen LogP contribution < -0.4 is 10.1 Å². The van der Waals surface area contributed by atoms with Gasteiger partial charge in [0.1, 0.15) is 11.6 Å². The highest BCUT2D eigenvalue weighted by Gasteiger charge is 2.39. The van der Waals surface area contributed by atoms with E-state index in [0.29, 0.717) is 25.3 Å². The van der Waals surface area contributed by atoms with Crippen LogP contribution in [-0.4, -0.2) is 29.4 Å². The average molecular weight is 501 g/mol. The van der Waals surface area contributed by atoms with Crippen molar-refractivity contribution < 1.29 is 18.7 Å². The standard InChI is InChI=1S/C31H33FN2O3/c1-3-28(30(35)33-19-21-7-12-25(32)13-8-21)37-26-14-11-22-15-16-34(31(36)23-9-10-23)29(27(22)18-26)24-6-4-5-20(2)17-24/h4-8,11-14,17-18,23,28-29H,3,9-10,15-16,19H2,1-2H3,(H,33,35)/t28-,29+/m0/s1. The number of halogens is 1. The van der Waals surface area contributed by atoms with Gasteiger partial charge in [-0.2, -0.15) is 0 Å². The molecule has 0 aromatic heterocycles. The maximum Gasteiger partial charge on any atom is 0.261 e. The Morgan fingerprint density at radius 2 is 1.86 bits per heavy atom. The van der Waals surface area contributed by atoms with Crippen molar-refractivity contribution in [1.29, 1.82) is 0 Å². The number of carbonyl (C=O) groups excluding carboxylic acids is 2. The van der Waals surface area contributed by atoms with E-state index < -0.39 is 6.10 Å². The fraction of sp³-hybridized carbons (Fsp3) is 0.355. The normalized spacial score (nSPS) is 17.6. The van der Waals surface area contributed by atoms with Crippen molar-refractivity contribution in [3.05, 3.63) is 100 Å². The molecule has 2 atom stereocenters. The molecular weight excluding hydrogens is 467 g/mol. The number of nitrogens with zero attached hydrogens (tertiary/aromatic N) is 1. The SMILES string of the molecule is CC[C@H](Oc1ccc2c(c1)[C@@H](c1cccc(C)c1)N(C(=O)C1CC1)CC2)C(=O)NCc1ccc(F)cc1. The van der Waals surface area contributed by atoms with Crippen molar-refractivity contribution in [3.8, 4) is 5.75 Å². The molecule has 5 nitrogen and oxygen atoms in total. The van der Waals surface area contributed by atoms with Gasteiger partial charge in [-0.05, 0) is 79.1 Å². The number of nitrogens with one attached hydrogen (secondary N) is 1. The molecule has 192 valence electrons. The van der Waals surface area contributed by atoms with Gasteiger partial charge in [-0.25, -0.2) is 4.39 Å². The lowest BCUT2D eigenvalue weighted by molar-refractivity contribution is -0.134. The monoisotopic (exact) mass is 500 g/mol. The third-order valence-corrected chi connectivity index (χ3v) is 7.23. The first-order chi connectivity index (χ1) is 17.9. The van der Waals surface area contributed by atoms with E-state index in [4.69, 9.17) is 4.74 Å². The van der Waals surface area contributed by atoms with Gasteiger partial charge in [-0.1, -0.05) is 55.0 Å². The molecule has 3 aromatic rings. The lowest BCUT2D eigenvalue weighted by Gasteiger charge is -2.38. The van der Waals surface area contributed by atoms with Crippen molar-refractivity contribution >= 4 is 11.8 Å². The van der Waals surface area contributed by atoms with Gasteiger partial charge in [-0.3, -0.25) is 9.59 Å². The second-order valence-corrected chi connectivity index (χ2v) is 10.1. The Morgan fingerprint density at radius 3 is 2.57 bits per heavy atom. The Labute approximate surface area is 217 Å². The molecule has 37 heavy (non-hydrogen) atoms. The van der Waals surface area contributed by atoms with Crippen LogP contribution in [0.5, 0.6) is 5.75 Å². The van der Waals surface area contributed by atoms with Crippen LogP contribution in [0.3, 0.4) is 0 Å². The van der Waals surface area contributed by atoms with Crippen molar-refractivity contribution in [2.75, 3.05) is 6.54 Å². The minimum absolute atomic E-state index is 0.141. The molecule has 5 rings (SSSR count). The van der Waals surface area contributed by atoms with Gasteiger partial charge in [0.05, 0.1) is 6.04 Å². The average Bonchev–Trinajstić information content (AvgIpc) is 3.76. The summed E-state index contributed by atoms with van der Waals surface area (Å²) < 4.78 is 19.4. The molecule has 1 heterocycles. The zero-order valence-corrected chi connectivity index (χ0v) is 21.4. The third-order valence-electron chi connectivity index (χ3n) is 7.23. The molecule has 1 aliphatic heterocycles. The van der Waals surface area contributed by atoms with E-state index >= 15 is 0 Å². The topological polar surface area (TPSA) is 58.6 Å². The number of ether oxygens (including phenoxy) is 1. The molecular formula is C31H33FN2O3. The number of carbonyl (C=O) groups is 2. The Bertz CT molecular complexity index is 1290. The van der Waals surface area contributed by atoms with Gasteiger partial charge in [0, 0.05) is 19.0 Å². The summed E-state index contributed by atoms with van der Waals surface area (Å²) in [6.45, 7) is 4.98. The summed E-state index contributed by atoms with van der Waals surface area (Å²) in [5.74, 6) is 0.461. The van der Waals surface area contributed by atoms with E-state index in [1.807, 2.05) is 30.0 Å². The van der Waals surface area contributed by atoms with Crippen LogP contribution in [-0.2, 0) is 22.6 Å². The molecule has 1 aliphatic carbocycles. The number of hydrogen-bond donors (Lipinski definition) is 1. The maximum absolute atomic E-state index is 13.3. The fourth-order valence-electron chi connectivity index (χ4n) is 5.06. The first kappa shape index (κ1) is 25.0. The number of aryl methyl sites for hydroxylation is 1. The Morgan fingerprint density at radius 1 is 1.08 bits per heavy atom. The van der Waals surface area contributed by atoms with Crippen molar-refractivity contribution in [1.82, 2.24) is 10.2 Å². The van der Waals surface area contributed by atoms with Crippen LogP contribution in [0, 0.1) is 18.7 Å². The van der Waals surface area contributed by atoms with Crippen LogP contribution in [0.1, 0.15) is 60.0 Å². The molecule has 3 aromatic carbocycles. The second-order valence-electron chi connectivity index (χ2n) is 10.1. The number of rotatable bonds is 8. The van der Waals surface area contributed by atoms with Crippen molar-refractivity contribution in [3.63, 3.8) is 0 Å². The van der Waals surface area contributed by atoms with E-state index in [0.717, 1.165) is 41.5 Å². The largest absolute Gasteiger partial charge is 0.481 e. The number of amides is 2. The third kappa shape index (κ3) is 5.68. The molecule has 0 radical (unpaired) electrons. The molecule has 0 saturated heterocycles. The molecule has 0 spiro atoms. The summed E-state index contributed by atoms with van der Waals surface area (Å²) in [6.07, 6.45) is 2.57. The van der Waals surface area contributed by atoms with E-state index in [-0.39, 0.29) is 29.6 Å². The summed E-state index contributed by atoms with van der Waals surface area (Å²) in [4.78, 5) is 28.2. The summed E-state index contributed by atoms with van der Waals surface area (Å²) in [7, 11) is 0. The molecule has 2 amide bonds. The van der Waals surface area contributed by atoms with Gasteiger partial charge in [0.25, 0.3) is 5.91 Å². The van der Waals surface area contributed by atoms with Crippen LogP contribution >= 0.6 is 0 Å². The van der Waals surface area contributed by atoms with Crippen molar-refractivity contribution in [2.45, 2.75) is 58.2 Å². The van der Waals surface area contributed by atoms with E-state index in [1.165, 1.54) is 17.7 Å². The summed E-state index contributed by atoms with van der Waals surface area (Å²) in [6, 6.07) is 20.2. The van der Waals surface area contributed by atoms with Gasteiger partial charge in [-0.15, -0.1) is 0 Å². The van der Waals surface area contributed by atoms with Gasteiger partial charge >= 0.3 is 0 Å². The molecule has 1 N–H and O–H groups in total. The predicted octanol–water partition coefficient (Wildman–Crippen LogP) is 5.49. The fourth-order valence-corrected chi connectivity index (χ4v) is 5.06. The lowest BCUT2D eigenvalue weighted by Crippen LogP contribution is -2.41. The number of benzene rings is 3. The predicted molar refractivity (Wildman–Crippen MR) is 141 cm³/mol. The van der Waals surface area contributed by atoms with Crippen LogP contribution in [0.4, 0.5) is 4.39 Å². The number of hydrogen-bond acceptors (Lipinski definition) is 3. The van der Waals surface area contributed by atoms with E-state index in [2.05, 4.69) is 36.5 Å². The molecule has 0 unspecified atom stereocenters. The Kier molecular flexibility index (Phi) is 7.26. The molecule has 1 fully saturated rings. The summed E-state index contributed by atoms with van der Waals surface area (Å²) >= 11 is 0. The zero-order valence-electron chi connectivity index (χ0n) is 21.4. The minimum atomic E-state index is -0.663. The number of fused-ring (bicyclic) bond motifs is 1. The molecule has 0 bridgehead atoms. The highest BCUT2D eigenvalue weighted by Crippen LogP contribution is 2.41. The summed E-state index contributed by atoms with van der Waals surface area (Å²) in [5.41, 5.74) is 5.33. The van der Waals surface area contributed by atoms with Crippen LogP contribution in [0.15, 0.2) is 66.7 Å². The van der Waals surface area contributed by atoms with Crippen molar-refractivity contribution in [2.24, 2.45) is 5.92 Å². The van der Waals surface area contributed by atoms with Gasteiger partial charge in [0.15, 0.2) is 6.10 Å². The quantitative estimate of drug-likeness (QED) is 0.445. The Balaban J connectivity index is 1.38. The highest BCUT2D eigenvalue weighted by molar-refractivity contribution is 5.82. The van der Waals surface area contributed by atoms with Gasteiger partial charge in [0.2, 0.25) is 5.91 Å². The van der Waals surface area contributed by atoms with Crippen LogP contribution in [0.25, 0.3) is 0 Å². The van der Waals surface area contributed by atoms with Gasteiger partial charge < -0.3 is 15.0 Å². The Hall–Kier alpha value is -3.67. The zero-order chi connectivity index (χ0) is 25.9.